The Morgan fingerprint density at radius 2 is 2.00 bits per heavy atom. The molecular formula is C14H25NO3. The second-order valence-corrected chi connectivity index (χ2v) is 6.23. The lowest BCUT2D eigenvalue weighted by Gasteiger charge is -2.29. The van der Waals surface area contributed by atoms with Crippen LogP contribution in [-0.2, 0) is 14.3 Å². The molecular weight excluding hydrogens is 230 g/mol. The van der Waals surface area contributed by atoms with Crippen molar-refractivity contribution in [3.63, 3.8) is 0 Å². The first-order valence-corrected chi connectivity index (χ1v) is 6.73. The monoisotopic (exact) mass is 255 g/mol. The van der Waals surface area contributed by atoms with E-state index in [4.69, 9.17) is 4.74 Å². The Morgan fingerprint density at radius 1 is 1.39 bits per heavy atom. The van der Waals surface area contributed by atoms with Gasteiger partial charge in [-0.2, -0.15) is 0 Å². The molecule has 2 unspecified atom stereocenters. The van der Waals surface area contributed by atoms with Crippen LogP contribution in [0.15, 0.2) is 0 Å². The summed E-state index contributed by atoms with van der Waals surface area (Å²) in [7, 11) is 0. The Bertz CT molecular complexity index is 319. The zero-order chi connectivity index (χ0) is 13.9. The standard InChI is InChI=1S/C14H25NO3/c1-10-6-7-12(16)15(9-8-10)11(2)13(17)18-14(3,4)5/h10-11H,6-9H2,1-5H3. The fraction of sp³-hybridized carbons (Fsp3) is 0.857. The maximum absolute atomic E-state index is 12.0. The van der Waals surface area contributed by atoms with E-state index < -0.39 is 11.6 Å². The summed E-state index contributed by atoms with van der Waals surface area (Å²) >= 11 is 0. The van der Waals surface area contributed by atoms with Gasteiger partial charge in [0.1, 0.15) is 11.6 Å². The topological polar surface area (TPSA) is 46.6 Å². The first kappa shape index (κ1) is 15.0. The Balaban J connectivity index is 2.67. The Labute approximate surface area is 110 Å². The summed E-state index contributed by atoms with van der Waals surface area (Å²) < 4.78 is 5.34. The van der Waals surface area contributed by atoms with Crippen LogP contribution < -0.4 is 0 Å². The molecule has 1 rings (SSSR count). The number of nitrogens with zero attached hydrogens (tertiary/aromatic N) is 1. The van der Waals surface area contributed by atoms with E-state index in [2.05, 4.69) is 6.92 Å². The van der Waals surface area contributed by atoms with Crippen molar-refractivity contribution in [2.24, 2.45) is 5.92 Å². The van der Waals surface area contributed by atoms with Crippen LogP contribution in [0.1, 0.15) is 53.9 Å². The number of amides is 1. The molecule has 0 radical (unpaired) electrons. The number of rotatable bonds is 2. The van der Waals surface area contributed by atoms with Gasteiger partial charge in [-0.25, -0.2) is 4.79 Å². The molecule has 4 nitrogen and oxygen atoms in total. The molecule has 0 spiro atoms. The summed E-state index contributed by atoms with van der Waals surface area (Å²) in [6.45, 7) is 10.1. The maximum atomic E-state index is 12.0. The van der Waals surface area contributed by atoms with Gasteiger partial charge in [-0.3, -0.25) is 4.79 Å². The van der Waals surface area contributed by atoms with Gasteiger partial charge in [-0.1, -0.05) is 6.92 Å². The van der Waals surface area contributed by atoms with E-state index in [1.54, 1.807) is 11.8 Å². The minimum absolute atomic E-state index is 0.0673. The number of esters is 1. The van der Waals surface area contributed by atoms with Crippen molar-refractivity contribution in [1.29, 1.82) is 0 Å². The fourth-order valence-corrected chi connectivity index (χ4v) is 2.07. The molecule has 1 aliphatic rings. The predicted molar refractivity (Wildman–Crippen MR) is 70.0 cm³/mol. The molecule has 18 heavy (non-hydrogen) atoms. The molecule has 0 aliphatic carbocycles. The zero-order valence-corrected chi connectivity index (χ0v) is 12.2. The normalized spacial score (nSPS) is 23.5. The summed E-state index contributed by atoms with van der Waals surface area (Å²) in [5, 5.41) is 0. The molecule has 0 aromatic carbocycles. The Kier molecular flexibility index (Phi) is 4.77. The Morgan fingerprint density at radius 3 is 2.56 bits per heavy atom. The van der Waals surface area contributed by atoms with Crippen molar-refractivity contribution in [3.05, 3.63) is 0 Å². The van der Waals surface area contributed by atoms with Crippen LogP contribution in [0.5, 0.6) is 0 Å². The van der Waals surface area contributed by atoms with Crippen molar-refractivity contribution < 1.29 is 14.3 Å². The third kappa shape index (κ3) is 4.31. The summed E-state index contributed by atoms with van der Waals surface area (Å²) in [4.78, 5) is 25.6. The number of ether oxygens (including phenoxy) is 1. The largest absolute Gasteiger partial charge is 0.458 e. The van der Waals surface area contributed by atoms with E-state index in [1.165, 1.54) is 0 Å². The fourth-order valence-electron chi connectivity index (χ4n) is 2.07. The van der Waals surface area contributed by atoms with Gasteiger partial charge < -0.3 is 9.64 Å². The minimum Gasteiger partial charge on any atom is -0.458 e. The summed E-state index contributed by atoms with van der Waals surface area (Å²) in [6, 6.07) is -0.484. The lowest BCUT2D eigenvalue weighted by molar-refractivity contribution is -0.163. The number of likely N-dealkylation sites (tertiary alicyclic amines) is 1. The first-order chi connectivity index (χ1) is 8.20. The molecule has 1 amide bonds. The molecule has 1 aliphatic heterocycles. The molecule has 0 N–H and O–H groups in total. The van der Waals surface area contributed by atoms with Gasteiger partial charge in [0.05, 0.1) is 0 Å². The van der Waals surface area contributed by atoms with E-state index in [0.29, 0.717) is 18.9 Å². The molecule has 0 aromatic heterocycles. The van der Waals surface area contributed by atoms with Crippen LogP contribution in [0, 0.1) is 5.92 Å². The van der Waals surface area contributed by atoms with Crippen molar-refractivity contribution in [2.75, 3.05) is 6.54 Å². The van der Waals surface area contributed by atoms with Crippen molar-refractivity contribution in [1.82, 2.24) is 4.90 Å². The molecule has 1 fully saturated rings. The second-order valence-electron chi connectivity index (χ2n) is 6.23. The second kappa shape index (κ2) is 5.72. The molecule has 4 heteroatoms. The predicted octanol–water partition coefficient (Wildman–Crippen LogP) is 2.37. The van der Waals surface area contributed by atoms with Gasteiger partial charge in [0.15, 0.2) is 0 Å². The van der Waals surface area contributed by atoms with E-state index in [9.17, 15) is 9.59 Å². The number of hydrogen-bond acceptors (Lipinski definition) is 3. The average Bonchev–Trinajstić information content (AvgIpc) is 2.38. The van der Waals surface area contributed by atoms with Gasteiger partial charge >= 0.3 is 5.97 Å². The SMILES string of the molecule is CC1CCC(=O)N(C(C)C(=O)OC(C)(C)C)CC1. The highest BCUT2D eigenvalue weighted by Gasteiger charge is 2.31. The smallest absolute Gasteiger partial charge is 0.329 e. The molecule has 0 aromatic rings. The van der Waals surface area contributed by atoms with Crippen molar-refractivity contribution in [3.8, 4) is 0 Å². The van der Waals surface area contributed by atoms with Crippen LogP contribution in [0.25, 0.3) is 0 Å². The highest BCUT2D eigenvalue weighted by Crippen LogP contribution is 2.20. The quantitative estimate of drug-likeness (QED) is 0.712. The summed E-state index contributed by atoms with van der Waals surface area (Å²) in [5.74, 6) is 0.299. The zero-order valence-electron chi connectivity index (χ0n) is 12.2. The third-order valence-electron chi connectivity index (χ3n) is 3.25. The molecule has 1 heterocycles. The van der Waals surface area contributed by atoms with Crippen molar-refractivity contribution >= 4 is 11.9 Å². The molecule has 0 bridgehead atoms. The highest BCUT2D eigenvalue weighted by molar-refractivity contribution is 5.84. The lowest BCUT2D eigenvalue weighted by atomic mass is 10.0. The van der Waals surface area contributed by atoms with Crippen LogP contribution >= 0.6 is 0 Å². The van der Waals surface area contributed by atoms with Gasteiger partial charge in [-0.05, 0) is 46.5 Å². The van der Waals surface area contributed by atoms with E-state index in [0.717, 1.165) is 12.8 Å². The number of hydrogen-bond donors (Lipinski definition) is 0. The number of carbonyl (C=O) groups is 2. The average molecular weight is 255 g/mol. The van der Waals surface area contributed by atoms with Crippen LogP contribution in [0.2, 0.25) is 0 Å². The van der Waals surface area contributed by atoms with E-state index in [1.807, 2.05) is 20.8 Å². The van der Waals surface area contributed by atoms with E-state index >= 15 is 0 Å². The highest BCUT2D eigenvalue weighted by atomic mass is 16.6. The minimum atomic E-state index is -0.506. The first-order valence-electron chi connectivity index (χ1n) is 6.73. The van der Waals surface area contributed by atoms with Gasteiger partial charge in [0, 0.05) is 13.0 Å². The van der Waals surface area contributed by atoms with Gasteiger partial charge in [-0.15, -0.1) is 0 Å². The van der Waals surface area contributed by atoms with Crippen LogP contribution in [-0.4, -0.2) is 35.0 Å². The third-order valence-corrected chi connectivity index (χ3v) is 3.25. The molecule has 104 valence electrons. The van der Waals surface area contributed by atoms with Crippen LogP contribution in [0.3, 0.4) is 0 Å². The molecule has 1 saturated heterocycles. The van der Waals surface area contributed by atoms with Gasteiger partial charge in [0.2, 0.25) is 5.91 Å². The Hall–Kier alpha value is -1.06. The maximum Gasteiger partial charge on any atom is 0.329 e. The summed E-state index contributed by atoms with van der Waals surface area (Å²) in [5.41, 5.74) is -0.506. The van der Waals surface area contributed by atoms with E-state index in [-0.39, 0.29) is 11.9 Å². The lowest BCUT2D eigenvalue weighted by Crippen LogP contribution is -2.45. The summed E-state index contributed by atoms with van der Waals surface area (Å²) in [6.07, 6.45) is 2.41. The molecule has 0 saturated carbocycles. The van der Waals surface area contributed by atoms with Crippen molar-refractivity contribution in [2.45, 2.75) is 65.5 Å². The number of carbonyl (C=O) groups excluding carboxylic acids is 2. The molecule has 2 atom stereocenters. The van der Waals surface area contributed by atoms with Gasteiger partial charge in [0.25, 0.3) is 0 Å². The van der Waals surface area contributed by atoms with Crippen LogP contribution in [0.4, 0.5) is 0 Å².